The average molecular weight is 431 g/mol. The molecule has 32 heavy (non-hydrogen) atoms. The number of hydrogen-bond acceptors (Lipinski definition) is 9. The van der Waals surface area contributed by atoms with E-state index in [1.54, 1.807) is 24.5 Å². The van der Waals surface area contributed by atoms with Gasteiger partial charge in [0.15, 0.2) is 5.58 Å². The fraction of sp³-hybridized carbons (Fsp3) is 0.273. The lowest BCUT2D eigenvalue weighted by Gasteiger charge is -2.27. The van der Waals surface area contributed by atoms with E-state index in [0.717, 1.165) is 42.3 Å². The molecule has 4 aromatic rings. The first-order chi connectivity index (χ1) is 15.6. The van der Waals surface area contributed by atoms with E-state index in [2.05, 4.69) is 35.5 Å². The molecular weight excluding hydrogens is 410 g/mol. The van der Waals surface area contributed by atoms with Crippen LogP contribution in [0.5, 0.6) is 0 Å². The highest BCUT2D eigenvalue weighted by Gasteiger charge is 2.39. The van der Waals surface area contributed by atoms with Crippen LogP contribution >= 0.6 is 0 Å². The summed E-state index contributed by atoms with van der Waals surface area (Å²) in [5.74, 6) is 1.60. The van der Waals surface area contributed by atoms with Crippen LogP contribution in [0.4, 0.5) is 29.0 Å². The van der Waals surface area contributed by atoms with Crippen LogP contribution in [0.3, 0.4) is 0 Å². The molecule has 0 amide bonds. The highest BCUT2D eigenvalue weighted by Crippen LogP contribution is 2.32. The van der Waals surface area contributed by atoms with Crippen LogP contribution < -0.4 is 21.3 Å². The van der Waals surface area contributed by atoms with Gasteiger partial charge in [-0.15, -0.1) is 0 Å². The van der Waals surface area contributed by atoms with Crippen LogP contribution in [-0.4, -0.2) is 45.2 Å². The summed E-state index contributed by atoms with van der Waals surface area (Å²) in [6.45, 7) is 3.61. The maximum absolute atomic E-state index is 11.4. The molecule has 6 rings (SSSR count). The van der Waals surface area contributed by atoms with Crippen molar-refractivity contribution in [2.45, 2.75) is 25.5 Å². The number of benzene rings is 1. The lowest BCUT2D eigenvalue weighted by Crippen LogP contribution is -2.37. The Morgan fingerprint density at radius 2 is 2.03 bits per heavy atom. The second kappa shape index (κ2) is 7.34. The predicted octanol–water partition coefficient (Wildman–Crippen LogP) is 3.08. The molecule has 3 aromatic heterocycles. The van der Waals surface area contributed by atoms with Crippen LogP contribution in [0, 0.1) is 6.92 Å². The number of morpholine rings is 1. The average Bonchev–Trinajstić information content (AvgIpc) is 3.51. The van der Waals surface area contributed by atoms with Gasteiger partial charge in [0.1, 0.15) is 11.6 Å². The van der Waals surface area contributed by atoms with Crippen LogP contribution in [0.1, 0.15) is 12.0 Å². The lowest BCUT2D eigenvalue weighted by atomic mass is 10.2. The minimum atomic E-state index is -0.480. The van der Waals surface area contributed by atoms with Crippen molar-refractivity contribution in [1.29, 1.82) is 0 Å². The van der Waals surface area contributed by atoms with Crippen LogP contribution in [0.25, 0.3) is 11.1 Å². The number of aryl methyl sites for hydroxylation is 1. The molecular formula is C22H21N7O3. The summed E-state index contributed by atoms with van der Waals surface area (Å²) in [7, 11) is 0. The number of nitrogens with one attached hydrogen (secondary N) is 3. The zero-order chi connectivity index (χ0) is 21.7. The summed E-state index contributed by atoms with van der Waals surface area (Å²) < 4.78 is 10.7. The van der Waals surface area contributed by atoms with Gasteiger partial charge in [0, 0.05) is 24.0 Å². The minimum Gasteiger partial charge on any atom is -0.408 e. The Morgan fingerprint density at radius 3 is 2.81 bits per heavy atom. The van der Waals surface area contributed by atoms with Gasteiger partial charge in [0.05, 0.1) is 36.2 Å². The SMILES string of the molecule is Cc1cnc(Nc2ccc(N3C[C@H]4C[C@@H]3CO4)nc2)nc1Nc1ccc2oc(=O)[nH]c2c1. The molecule has 0 unspecified atom stereocenters. The number of ether oxygens (including phenoxy) is 1. The summed E-state index contributed by atoms with van der Waals surface area (Å²) in [5, 5.41) is 6.48. The molecule has 10 heteroatoms. The first-order valence-electron chi connectivity index (χ1n) is 10.5. The second-order valence-electron chi connectivity index (χ2n) is 8.10. The third-order valence-corrected chi connectivity index (χ3v) is 5.85. The molecule has 0 spiro atoms. The number of fused-ring (bicyclic) bond motifs is 3. The molecule has 2 bridgehead atoms. The second-order valence-corrected chi connectivity index (χ2v) is 8.10. The van der Waals surface area contributed by atoms with Crippen molar-refractivity contribution >= 4 is 40.1 Å². The molecule has 2 atom stereocenters. The van der Waals surface area contributed by atoms with Gasteiger partial charge in [-0.2, -0.15) is 4.98 Å². The Balaban J connectivity index is 1.19. The Bertz CT molecular complexity index is 1350. The summed E-state index contributed by atoms with van der Waals surface area (Å²) in [5.41, 5.74) is 3.59. The van der Waals surface area contributed by atoms with E-state index in [-0.39, 0.29) is 0 Å². The molecule has 0 saturated carbocycles. The van der Waals surface area contributed by atoms with Gasteiger partial charge < -0.3 is 24.7 Å². The third kappa shape index (κ3) is 3.44. The first-order valence-corrected chi connectivity index (χ1v) is 10.5. The van der Waals surface area contributed by atoms with Crippen molar-refractivity contribution in [2.75, 3.05) is 28.7 Å². The Morgan fingerprint density at radius 1 is 1.12 bits per heavy atom. The summed E-state index contributed by atoms with van der Waals surface area (Å²) in [4.78, 5) is 29.9. The van der Waals surface area contributed by atoms with E-state index in [9.17, 15) is 4.79 Å². The van der Waals surface area contributed by atoms with Gasteiger partial charge in [-0.3, -0.25) is 4.98 Å². The predicted molar refractivity (Wildman–Crippen MR) is 120 cm³/mol. The monoisotopic (exact) mass is 431 g/mol. The summed E-state index contributed by atoms with van der Waals surface area (Å²) in [6.07, 6.45) is 4.96. The Hall–Kier alpha value is -3.92. The first kappa shape index (κ1) is 18.8. The lowest BCUT2D eigenvalue weighted by molar-refractivity contribution is 0.0989. The fourth-order valence-corrected chi connectivity index (χ4v) is 4.23. The topological polar surface area (TPSA) is 121 Å². The van der Waals surface area contributed by atoms with Crippen molar-refractivity contribution in [3.8, 4) is 0 Å². The number of nitrogens with zero attached hydrogens (tertiary/aromatic N) is 4. The molecule has 0 aliphatic carbocycles. The van der Waals surface area contributed by atoms with E-state index in [4.69, 9.17) is 9.15 Å². The van der Waals surface area contributed by atoms with Crippen molar-refractivity contribution in [3.63, 3.8) is 0 Å². The minimum absolute atomic E-state index is 0.334. The molecule has 10 nitrogen and oxygen atoms in total. The molecule has 2 aliphatic heterocycles. The maximum Gasteiger partial charge on any atom is 0.417 e. The molecule has 2 saturated heterocycles. The molecule has 1 aromatic carbocycles. The van der Waals surface area contributed by atoms with E-state index in [1.165, 1.54) is 0 Å². The molecule has 2 aliphatic rings. The Labute approximate surface area is 182 Å². The van der Waals surface area contributed by atoms with Crippen molar-refractivity contribution in [3.05, 3.63) is 58.8 Å². The quantitative estimate of drug-likeness (QED) is 0.438. The fourth-order valence-electron chi connectivity index (χ4n) is 4.23. The molecule has 5 heterocycles. The number of anilines is 5. The summed E-state index contributed by atoms with van der Waals surface area (Å²) >= 11 is 0. The van der Waals surface area contributed by atoms with Gasteiger partial charge in [0.2, 0.25) is 5.95 Å². The van der Waals surface area contributed by atoms with Crippen LogP contribution in [0.2, 0.25) is 0 Å². The van der Waals surface area contributed by atoms with E-state index in [0.29, 0.717) is 35.0 Å². The largest absolute Gasteiger partial charge is 0.417 e. The van der Waals surface area contributed by atoms with E-state index < -0.39 is 5.76 Å². The summed E-state index contributed by atoms with van der Waals surface area (Å²) in [6, 6.07) is 9.78. The third-order valence-electron chi connectivity index (χ3n) is 5.85. The molecule has 2 fully saturated rings. The Kier molecular flexibility index (Phi) is 4.32. The highest BCUT2D eigenvalue weighted by molar-refractivity contribution is 5.78. The number of rotatable bonds is 5. The van der Waals surface area contributed by atoms with Gasteiger partial charge in [-0.25, -0.2) is 14.8 Å². The zero-order valence-electron chi connectivity index (χ0n) is 17.3. The number of pyridine rings is 1. The standard InChI is InChI=1S/C22H21N7O3/c1-12-8-24-21(28-20(12)25-13-2-4-18-17(6-13)27-22(30)32-18)26-14-3-5-19(23-9-14)29-10-16-7-15(29)11-31-16/h2-6,8-9,15-16H,7,10-11H2,1H3,(H,27,30)(H2,24,25,26,28)/t15-,16-/m1/s1. The van der Waals surface area contributed by atoms with Gasteiger partial charge >= 0.3 is 5.76 Å². The number of aromatic nitrogens is 4. The normalized spacial score (nSPS) is 19.6. The molecule has 0 radical (unpaired) electrons. The maximum atomic E-state index is 11.4. The van der Waals surface area contributed by atoms with Crippen molar-refractivity contribution < 1.29 is 9.15 Å². The van der Waals surface area contributed by atoms with Gasteiger partial charge in [0.25, 0.3) is 0 Å². The van der Waals surface area contributed by atoms with Crippen molar-refractivity contribution in [2.24, 2.45) is 0 Å². The van der Waals surface area contributed by atoms with E-state index >= 15 is 0 Å². The number of hydrogen-bond donors (Lipinski definition) is 3. The number of aromatic amines is 1. The number of H-pyrrole nitrogens is 1. The molecule has 162 valence electrons. The number of oxazole rings is 1. The molecule has 3 N–H and O–H groups in total. The van der Waals surface area contributed by atoms with Crippen LogP contribution in [-0.2, 0) is 4.74 Å². The smallest absolute Gasteiger partial charge is 0.408 e. The van der Waals surface area contributed by atoms with Gasteiger partial charge in [-0.1, -0.05) is 0 Å². The van der Waals surface area contributed by atoms with Gasteiger partial charge in [-0.05, 0) is 43.7 Å². The highest BCUT2D eigenvalue weighted by atomic mass is 16.5. The zero-order valence-corrected chi connectivity index (χ0v) is 17.3. The van der Waals surface area contributed by atoms with E-state index in [1.807, 2.05) is 25.1 Å². The van der Waals surface area contributed by atoms with Crippen LogP contribution in [0.15, 0.2) is 51.9 Å². The van der Waals surface area contributed by atoms with Crippen molar-refractivity contribution in [1.82, 2.24) is 19.9 Å².